The molecule has 2 aliphatic rings. The van der Waals surface area contributed by atoms with Crippen molar-refractivity contribution in [3.05, 3.63) is 33.3 Å². The number of hydrogen-bond donors (Lipinski definition) is 1. The van der Waals surface area contributed by atoms with Crippen LogP contribution in [0.4, 0.5) is 0 Å². The van der Waals surface area contributed by atoms with Gasteiger partial charge in [-0.15, -0.1) is 0 Å². The van der Waals surface area contributed by atoms with E-state index in [1.807, 2.05) is 0 Å². The summed E-state index contributed by atoms with van der Waals surface area (Å²) in [6.45, 7) is 6.34. The van der Waals surface area contributed by atoms with E-state index in [1.165, 1.54) is 16.7 Å². The van der Waals surface area contributed by atoms with Crippen LogP contribution >= 0.6 is 15.9 Å². The fourth-order valence-corrected chi connectivity index (χ4v) is 3.32. The van der Waals surface area contributed by atoms with Crippen molar-refractivity contribution in [2.75, 3.05) is 13.1 Å². The van der Waals surface area contributed by atoms with Crippen LogP contribution in [0.15, 0.2) is 16.6 Å². The molecule has 1 N–H and O–H groups in total. The highest BCUT2D eigenvalue weighted by Crippen LogP contribution is 2.42. The third-order valence-corrected chi connectivity index (χ3v) is 5.03. The lowest BCUT2D eigenvalue weighted by atomic mass is 9.88. The van der Waals surface area contributed by atoms with E-state index < -0.39 is 0 Å². The summed E-state index contributed by atoms with van der Waals surface area (Å²) in [7, 11) is 0. The van der Waals surface area contributed by atoms with Crippen LogP contribution in [0.3, 0.4) is 0 Å². The molecular weight excluding hydrogens is 290 g/mol. The molecule has 0 unspecified atom stereocenters. The summed E-state index contributed by atoms with van der Waals surface area (Å²) in [5.74, 6) is 1.02. The van der Waals surface area contributed by atoms with Crippen LogP contribution in [0.5, 0.6) is 5.75 Å². The number of nitrogens with one attached hydrogen (secondary N) is 1. The number of hydrogen-bond acceptors (Lipinski definition) is 2. The van der Waals surface area contributed by atoms with Gasteiger partial charge in [-0.25, -0.2) is 0 Å². The number of aryl methyl sites for hydroxylation is 1. The number of piperidine rings is 1. The van der Waals surface area contributed by atoms with Crippen LogP contribution in [0.1, 0.15) is 29.5 Å². The Labute approximate surface area is 117 Å². The quantitative estimate of drug-likeness (QED) is 0.791. The zero-order valence-electron chi connectivity index (χ0n) is 10.8. The Morgan fingerprint density at radius 2 is 2.00 bits per heavy atom. The Morgan fingerprint density at radius 3 is 2.72 bits per heavy atom. The standard InChI is InChI=1S/C15H18BrNO/c1-10-9-12-3-4-15(5-7-17-8-6-15)18-14(12)13(16)11(10)2/h3-4,9,17H,5-8H2,1-2H3. The third-order valence-electron chi connectivity index (χ3n) is 4.08. The van der Waals surface area contributed by atoms with Gasteiger partial charge in [0.25, 0.3) is 0 Å². The van der Waals surface area contributed by atoms with Gasteiger partial charge >= 0.3 is 0 Å². The minimum atomic E-state index is -0.0948. The van der Waals surface area contributed by atoms with Crippen LogP contribution in [0.25, 0.3) is 6.08 Å². The summed E-state index contributed by atoms with van der Waals surface area (Å²) in [6, 6.07) is 2.21. The topological polar surface area (TPSA) is 21.3 Å². The van der Waals surface area contributed by atoms with Crippen molar-refractivity contribution in [2.24, 2.45) is 0 Å². The minimum absolute atomic E-state index is 0.0948. The number of benzene rings is 1. The molecule has 0 aliphatic carbocycles. The van der Waals surface area contributed by atoms with Gasteiger partial charge in [0.05, 0.1) is 4.47 Å². The summed E-state index contributed by atoms with van der Waals surface area (Å²) < 4.78 is 7.46. The largest absolute Gasteiger partial charge is 0.481 e. The van der Waals surface area contributed by atoms with E-state index in [1.54, 1.807) is 0 Å². The number of rotatable bonds is 0. The molecule has 0 radical (unpaired) electrons. The van der Waals surface area contributed by atoms with Crippen molar-refractivity contribution >= 4 is 22.0 Å². The van der Waals surface area contributed by atoms with Crippen LogP contribution in [0, 0.1) is 13.8 Å². The first-order valence-electron chi connectivity index (χ1n) is 6.50. The van der Waals surface area contributed by atoms with Crippen molar-refractivity contribution in [3.8, 4) is 5.75 Å². The number of halogens is 1. The normalized spacial score (nSPS) is 20.6. The zero-order chi connectivity index (χ0) is 12.8. The van der Waals surface area contributed by atoms with E-state index in [0.29, 0.717) is 0 Å². The van der Waals surface area contributed by atoms with Crippen molar-refractivity contribution in [1.29, 1.82) is 0 Å². The van der Waals surface area contributed by atoms with Crippen LogP contribution in [-0.4, -0.2) is 18.7 Å². The summed E-state index contributed by atoms with van der Waals surface area (Å²) in [4.78, 5) is 0. The fraction of sp³-hybridized carbons (Fsp3) is 0.467. The van der Waals surface area contributed by atoms with Gasteiger partial charge in [-0.05, 0) is 66.1 Å². The van der Waals surface area contributed by atoms with Crippen molar-refractivity contribution < 1.29 is 4.74 Å². The lowest BCUT2D eigenvalue weighted by Gasteiger charge is -2.39. The maximum Gasteiger partial charge on any atom is 0.142 e. The predicted octanol–water partition coefficient (Wildman–Crippen LogP) is 3.59. The second-order valence-electron chi connectivity index (χ2n) is 5.30. The molecule has 3 heteroatoms. The smallest absolute Gasteiger partial charge is 0.142 e. The van der Waals surface area contributed by atoms with Crippen LogP contribution in [0.2, 0.25) is 0 Å². The summed E-state index contributed by atoms with van der Waals surface area (Å²) in [5, 5.41) is 3.39. The molecule has 0 aromatic heterocycles. The van der Waals surface area contributed by atoms with Gasteiger partial charge in [-0.3, -0.25) is 0 Å². The molecule has 1 aromatic rings. The van der Waals surface area contributed by atoms with E-state index in [0.717, 1.165) is 36.2 Å². The Balaban J connectivity index is 2.04. The van der Waals surface area contributed by atoms with Crippen LogP contribution in [-0.2, 0) is 0 Å². The first kappa shape index (κ1) is 12.2. The highest BCUT2D eigenvalue weighted by molar-refractivity contribution is 9.10. The monoisotopic (exact) mass is 307 g/mol. The van der Waals surface area contributed by atoms with Gasteiger partial charge in [0, 0.05) is 18.4 Å². The Morgan fingerprint density at radius 1 is 1.28 bits per heavy atom. The van der Waals surface area contributed by atoms with E-state index in [-0.39, 0.29) is 5.60 Å². The molecule has 0 atom stereocenters. The summed E-state index contributed by atoms with van der Waals surface area (Å²) in [5.41, 5.74) is 3.67. The average Bonchev–Trinajstić information content (AvgIpc) is 2.39. The fourth-order valence-electron chi connectivity index (χ4n) is 2.70. The van der Waals surface area contributed by atoms with E-state index in [9.17, 15) is 0 Å². The molecule has 18 heavy (non-hydrogen) atoms. The average molecular weight is 308 g/mol. The second-order valence-corrected chi connectivity index (χ2v) is 6.09. The molecular formula is C15H18BrNO. The SMILES string of the molecule is Cc1cc2c(c(Br)c1C)OC1(C=C2)CCNCC1. The predicted molar refractivity (Wildman–Crippen MR) is 78.1 cm³/mol. The van der Waals surface area contributed by atoms with Gasteiger partial charge in [-0.2, -0.15) is 0 Å². The van der Waals surface area contributed by atoms with Crippen molar-refractivity contribution in [2.45, 2.75) is 32.3 Å². The van der Waals surface area contributed by atoms with E-state index in [4.69, 9.17) is 4.74 Å². The molecule has 2 nitrogen and oxygen atoms in total. The number of ether oxygens (including phenoxy) is 1. The first-order valence-corrected chi connectivity index (χ1v) is 7.29. The molecule has 1 saturated heterocycles. The lowest BCUT2D eigenvalue weighted by molar-refractivity contribution is 0.0813. The lowest BCUT2D eigenvalue weighted by Crippen LogP contribution is -2.45. The first-order chi connectivity index (χ1) is 8.61. The molecule has 1 fully saturated rings. The van der Waals surface area contributed by atoms with Gasteiger partial charge in [0.15, 0.2) is 0 Å². The van der Waals surface area contributed by atoms with Gasteiger partial charge in [0.1, 0.15) is 11.4 Å². The molecule has 2 heterocycles. The van der Waals surface area contributed by atoms with Gasteiger partial charge < -0.3 is 10.1 Å². The molecule has 0 saturated carbocycles. The Bertz CT molecular complexity index is 516. The van der Waals surface area contributed by atoms with E-state index >= 15 is 0 Å². The van der Waals surface area contributed by atoms with Crippen molar-refractivity contribution in [1.82, 2.24) is 5.32 Å². The third kappa shape index (κ3) is 1.90. The van der Waals surface area contributed by atoms with Gasteiger partial charge in [-0.1, -0.05) is 6.08 Å². The minimum Gasteiger partial charge on any atom is -0.481 e. The van der Waals surface area contributed by atoms with E-state index in [2.05, 4.69) is 53.3 Å². The highest BCUT2D eigenvalue weighted by Gasteiger charge is 2.35. The molecule has 0 bridgehead atoms. The van der Waals surface area contributed by atoms with Gasteiger partial charge in [0.2, 0.25) is 0 Å². The maximum absolute atomic E-state index is 6.35. The molecule has 3 rings (SSSR count). The molecule has 96 valence electrons. The van der Waals surface area contributed by atoms with Crippen molar-refractivity contribution in [3.63, 3.8) is 0 Å². The molecule has 2 aliphatic heterocycles. The molecule has 1 aromatic carbocycles. The second kappa shape index (κ2) is 4.39. The Hall–Kier alpha value is -0.800. The summed E-state index contributed by atoms with van der Waals surface area (Å²) >= 11 is 3.69. The highest BCUT2D eigenvalue weighted by atomic mass is 79.9. The maximum atomic E-state index is 6.35. The molecule has 0 amide bonds. The Kier molecular flexibility index (Phi) is 2.99. The number of fused-ring (bicyclic) bond motifs is 1. The zero-order valence-corrected chi connectivity index (χ0v) is 12.4. The van der Waals surface area contributed by atoms with Crippen LogP contribution < -0.4 is 10.1 Å². The molecule has 1 spiro atoms. The summed E-state index contributed by atoms with van der Waals surface area (Å²) in [6.07, 6.45) is 6.56.